The van der Waals surface area contributed by atoms with Crippen LogP contribution in [0.25, 0.3) is 0 Å². The molecule has 2 rings (SSSR count). The number of ether oxygens (including phenoxy) is 1. The van der Waals surface area contributed by atoms with Gasteiger partial charge in [-0.05, 0) is 31.9 Å². The SMILES string of the molecule is CCC/C(CC)=C1\Sc2ccccc2N(CC(=O)OCC)C1=O. The summed E-state index contributed by atoms with van der Waals surface area (Å²) in [6.45, 7) is 6.22. The van der Waals surface area contributed by atoms with Gasteiger partial charge in [-0.1, -0.05) is 49.7 Å². The summed E-state index contributed by atoms with van der Waals surface area (Å²) in [5, 5.41) is 0. The van der Waals surface area contributed by atoms with Gasteiger partial charge in [0.05, 0.1) is 17.2 Å². The van der Waals surface area contributed by atoms with Crippen LogP contribution in [0.4, 0.5) is 5.69 Å². The Labute approximate surface area is 141 Å². The van der Waals surface area contributed by atoms with Gasteiger partial charge in [-0.2, -0.15) is 0 Å². The summed E-state index contributed by atoms with van der Waals surface area (Å²) in [6.07, 6.45) is 2.75. The van der Waals surface area contributed by atoms with Crippen molar-refractivity contribution in [2.45, 2.75) is 44.9 Å². The molecule has 0 aliphatic carbocycles. The predicted octanol–water partition coefficient (Wildman–Crippen LogP) is 4.15. The lowest BCUT2D eigenvalue weighted by Gasteiger charge is -2.30. The molecule has 1 aromatic carbocycles. The molecule has 0 fully saturated rings. The molecule has 4 nitrogen and oxygen atoms in total. The highest BCUT2D eigenvalue weighted by Gasteiger charge is 2.32. The Hall–Kier alpha value is -1.75. The molecule has 5 heteroatoms. The van der Waals surface area contributed by atoms with Crippen LogP contribution in [0.3, 0.4) is 0 Å². The fourth-order valence-corrected chi connectivity index (χ4v) is 3.86. The Kier molecular flexibility index (Phi) is 6.28. The molecule has 124 valence electrons. The molecular weight excluding hydrogens is 310 g/mol. The molecule has 1 heterocycles. The number of thioether (sulfide) groups is 1. The van der Waals surface area contributed by atoms with Crippen LogP contribution in [-0.4, -0.2) is 25.0 Å². The first-order chi connectivity index (χ1) is 11.1. The summed E-state index contributed by atoms with van der Waals surface area (Å²) in [6, 6.07) is 7.70. The van der Waals surface area contributed by atoms with E-state index in [0.29, 0.717) is 6.61 Å². The summed E-state index contributed by atoms with van der Waals surface area (Å²) < 4.78 is 5.02. The average molecular weight is 333 g/mol. The Bertz CT molecular complexity index is 624. The molecule has 0 atom stereocenters. The highest BCUT2D eigenvalue weighted by atomic mass is 32.2. The predicted molar refractivity (Wildman–Crippen MR) is 93.5 cm³/mol. The zero-order chi connectivity index (χ0) is 16.8. The number of hydrogen-bond donors (Lipinski definition) is 0. The van der Waals surface area contributed by atoms with Crippen molar-refractivity contribution in [1.29, 1.82) is 0 Å². The molecule has 23 heavy (non-hydrogen) atoms. The van der Waals surface area contributed by atoms with Crippen LogP contribution in [0.15, 0.2) is 39.6 Å². The van der Waals surface area contributed by atoms with E-state index >= 15 is 0 Å². The minimum atomic E-state index is -0.379. The lowest BCUT2D eigenvalue weighted by Crippen LogP contribution is -2.39. The number of fused-ring (bicyclic) bond motifs is 1. The summed E-state index contributed by atoms with van der Waals surface area (Å²) in [5.74, 6) is -0.470. The number of allylic oxidation sites excluding steroid dienone is 1. The van der Waals surface area contributed by atoms with Crippen molar-refractivity contribution in [3.63, 3.8) is 0 Å². The monoisotopic (exact) mass is 333 g/mol. The molecule has 1 aliphatic rings. The molecule has 0 bridgehead atoms. The standard InChI is InChI=1S/C18H23NO3S/c1-4-9-13(5-2)17-18(21)19(12-16(20)22-6-3)14-10-7-8-11-15(14)23-17/h7-8,10-11H,4-6,9,12H2,1-3H3/b17-13-. The fraction of sp³-hybridized carbons (Fsp3) is 0.444. The molecule has 0 unspecified atom stereocenters. The first-order valence-corrected chi connectivity index (χ1v) is 8.90. The maximum absolute atomic E-state index is 12.9. The van der Waals surface area contributed by atoms with Crippen LogP contribution in [0.1, 0.15) is 40.0 Å². The van der Waals surface area contributed by atoms with E-state index in [1.165, 1.54) is 11.8 Å². The van der Waals surface area contributed by atoms with Gasteiger partial charge in [-0.3, -0.25) is 14.5 Å². The number of nitrogens with zero attached hydrogens (tertiary/aromatic N) is 1. The number of benzene rings is 1. The molecule has 0 spiro atoms. The smallest absolute Gasteiger partial charge is 0.326 e. The van der Waals surface area contributed by atoms with E-state index in [1.807, 2.05) is 24.3 Å². The third kappa shape index (κ3) is 3.96. The molecule has 1 amide bonds. The molecule has 0 N–H and O–H groups in total. The number of amides is 1. The van der Waals surface area contributed by atoms with Gasteiger partial charge in [0.15, 0.2) is 0 Å². The zero-order valence-electron chi connectivity index (χ0n) is 13.9. The van der Waals surface area contributed by atoms with Crippen molar-refractivity contribution in [1.82, 2.24) is 0 Å². The molecular formula is C18H23NO3S. The number of carbonyl (C=O) groups is 2. The highest BCUT2D eigenvalue weighted by Crippen LogP contribution is 2.43. The van der Waals surface area contributed by atoms with Crippen LogP contribution < -0.4 is 4.90 Å². The van der Waals surface area contributed by atoms with Gasteiger partial charge in [-0.15, -0.1) is 0 Å². The average Bonchev–Trinajstić information content (AvgIpc) is 2.55. The maximum atomic E-state index is 12.9. The van der Waals surface area contributed by atoms with Crippen LogP contribution in [0.5, 0.6) is 0 Å². The lowest BCUT2D eigenvalue weighted by molar-refractivity contribution is -0.142. The van der Waals surface area contributed by atoms with Gasteiger partial charge in [0.25, 0.3) is 5.91 Å². The fourth-order valence-electron chi connectivity index (χ4n) is 2.62. The minimum absolute atomic E-state index is 0.0448. The zero-order valence-corrected chi connectivity index (χ0v) is 14.7. The number of rotatable bonds is 6. The summed E-state index contributed by atoms with van der Waals surface area (Å²) in [7, 11) is 0. The lowest BCUT2D eigenvalue weighted by atomic mass is 10.1. The number of carbonyl (C=O) groups excluding carboxylic acids is 2. The highest BCUT2D eigenvalue weighted by molar-refractivity contribution is 8.04. The van der Waals surface area contributed by atoms with Gasteiger partial charge in [0, 0.05) is 4.90 Å². The van der Waals surface area contributed by atoms with E-state index in [-0.39, 0.29) is 18.4 Å². The normalized spacial score (nSPS) is 16.1. The van der Waals surface area contributed by atoms with Gasteiger partial charge >= 0.3 is 5.97 Å². The molecule has 1 aromatic rings. The van der Waals surface area contributed by atoms with E-state index in [1.54, 1.807) is 11.8 Å². The van der Waals surface area contributed by atoms with Crippen LogP contribution >= 0.6 is 11.8 Å². The summed E-state index contributed by atoms with van der Waals surface area (Å²) in [4.78, 5) is 28.2. The molecule has 1 aliphatic heterocycles. The van der Waals surface area contributed by atoms with Crippen molar-refractivity contribution in [2.75, 3.05) is 18.1 Å². The largest absolute Gasteiger partial charge is 0.465 e. The Morgan fingerprint density at radius 1 is 1.22 bits per heavy atom. The van der Waals surface area contributed by atoms with E-state index in [9.17, 15) is 9.59 Å². The van der Waals surface area contributed by atoms with E-state index in [4.69, 9.17) is 4.74 Å². The third-order valence-electron chi connectivity index (χ3n) is 3.70. The van der Waals surface area contributed by atoms with E-state index < -0.39 is 0 Å². The van der Waals surface area contributed by atoms with Gasteiger partial charge < -0.3 is 4.74 Å². The second kappa shape index (κ2) is 8.20. The quantitative estimate of drug-likeness (QED) is 0.579. The van der Waals surface area contributed by atoms with Crippen molar-refractivity contribution >= 4 is 29.3 Å². The van der Waals surface area contributed by atoms with Crippen molar-refractivity contribution < 1.29 is 14.3 Å². The van der Waals surface area contributed by atoms with E-state index in [0.717, 1.165) is 40.3 Å². The van der Waals surface area contributed by atoms with Crippen molar-refractivity contribution in [2.24, 2.45) is 0 Å². The van der Waals surface area contributed by atoms with Gasteiger partial charge in [-0.25, -0.2) is 0 Å². The first kappa shape index (κ1) is 17.6. The van der Waals surface area contributed by atoms with E-state index in [2.05, 4.69) is 13.8 Å². The van der Waals surface area contributed by atoms with Gasteiger partial charge in [0.2, 0.25) is 0 Å². The Morgan fingerprint density at radius 2 is 1.96 bits per heavy atom. The second-order valence-electron chi connectivity index (χ2n) is 5.30. The van der Waals surface area contributed by atoms with Gasteiger partial charge in [0.1, 0.15) is 6.54 Å². The number of para-hydroxylation sites is 1. The van der Waals surface area contributed by atoms with Crippen LogP contribution in [-0.2, 0) is 14.3 Å². The summed E-state index contributed by atoms with van der Waals surface area (Å²) >= 11 is 1.52. The van der Waals surface area contributed by atoms with Crippen LogP contribution in [0, 0.1) is 0 Å². The molecule has 0 saturated heterocycles. The molecule has 0 aromatic heterocycles. The second-order valence-corrected chi connectivity index (χ2v) is 6.35. The number of esters is 1. The molecule has 0 saturated carbocycles. The number of hydrogen-bond acceptors (Lipinski definition) is 4. The summed E-state index contributed by atoms with van der Waals surface area (Å²) in [5.41, 5.74) is 1.94. The topological polar surface area (TPSA) is 46.6 Å². The minimum Gasteiger partial charge on any atom is -0.465 e. The maximum Gasteiger partial charge on any atom is 0.326 e. The Morgan fingerprint density at radius 3 is 2.61 bits per heavy atom. The number of anilines is 1. The van der Waals surface area contributed by atoms with Crippen LogP contribution in [0.2, 0.25) is 0 Å². The molecule has 0 radical (unpaired) electrons. The van der Waals surface area contributed by atoms with Crippen molar-refractivity contribution in [3.8, 4) is 0 Å². The Balaban J connectivity index is 2.43. The first-order valence-electron chi connectivity index (χ1n) is 8.08. The van der Waals surface area contributed by atoms with Crippen molar-refractivity contribution in [3.05, 3.63) is 34.7 Å². The third-order valence-corrected chi connectivity index (χ3v) is 4.93.